The minimum Gasteiger partial charge on any atom is -0.430 e. The minimum atomic E-state index is -1.80. The molecule has 2 fully saturated rings. The summed E-state index contributed by atoms with van der Waals surface area (Å²) in [5.74, 6) is -3.96. The third kappa shape index (κ3) is 3.18. The fraction of sp³-hybridized carbons (Fsp3) is 0.250. The van der Waals surface area contributed by atoms with Crippen molar-refractivity contribution in [3.8, 4) is 11.5 Å². The number of rotatable bonds is 4. The normalized spacial score (nSPS) is 27.2. The molecule has 7 rings (SSSR count). The van der Waals surface area contributed by atoms with Gasteiger partial charge < -0.3 is 24.1 Å². The first kappa shape index (κ1) is 22.5. The van der Waals surface area contributed by atoms with Gasteiger partial charge in [0.15, 0.2) is 5.60 Å². The van der Waals surface area contributed by atoms with Crippen LogP contribution in [0.2, 0.25) is 0 Å². The average Bonchev–Trinajstić information content (AvgIpc) is 3.01. The summed E-state index contributed by atoms with van der Waals surface area (Å²) in [6.07, 6.45) is -0.819. The number of benzene rings is 3. The summed E-state index contributed by atoms with van der Waals surface area (Å²) in [5, 5.41) is 11.3. The molecule has 4 aliphatic rings. The zero-order chi connectivity index (χ0) is 25.2. The van der Waals surface area contributed by atoms with Crippen LogP contribution in [0.4, 0.5) is 0 Å². The van der Waals surface area contributed by atoms with E-state index in [0.717, 1.165) is 0 Å². The predicted octanol–water partition coefficient (Wildman–Crippen LogP) is 4.00. The maximum absolute atomic E-state index is 13.0. The molecule has 2 saturated heterocycles. The first-order valence-electron chi connectivity index (χ1n) is 11.6. The van der Waals surface area contributed by atoms with E-state index >= 15 is 0 Å². The Morgan fingerprint density at radius 2 is 1.56 bits per heavy atom. The number of hydrogen-bond acceptors (Lipinski definition) is 8. The molecule has 1 N–H and O–H groups in total. The molecule has 4 bridgehead atoms. The summed E-state index contributed by atoms with van der Waals surface area (Å²) in [6, 6.07) is 18.6. The number of esters is 3. The van der Waals surface area contributed by atoms with Crippen molar-refractivity contribution in [1.29, 1.82) is 0 Å². The van der Waals surface area contributed by atoms with Gasteiger partial charge in [-0.2, -0.15) is 0 Å². The van der Waals surface area contributed by atoms with Crippen molar-refractivity contribution in [3.05, 3.63) is 94.5 Å². The van der Waals surface area contributed by atoms with Crippen LogP contribution in [0.5, 0.6) is 11.5 Å². The molecule has 3 aromatic carbocycles. The highest BCUT2D eigenvalue weighted by molar-refractivity contribution is 5.93. The number of carbonyl (C=O) groups is 3. The van der Waals surface area contributed by atoms with Crippen LogP contribution in [0.3, 0.4) is 0 Å². The van der Waals surface area contributed by atoms with Gasteiger partial charge in [-0.25, -0.2) is 14.4 Å². The molecule has 4 atom stereocenters. The molecule has 1 aliphatic carbocycles. The van der Waals surface area contributed by atoms with E-state index in [1.807, 2.05) is 0 Å². The van der Waals surface area contributed by atoms with Crippen LogP contribution in [-0.2, 0) is 14.3 Å². The SMILES string of the molecule is Cc1c(OC(=O)c2ccccc2)cc2c(c1OC(=O)c1ccccc1)[C@H]1C[C@]3(O)C(=O)O[C@](C)(O1)[C@H]23. The summed E-state index contributed by atoms with van der Waals surface area (Å²) >= 11 is 0. The molecule has 0 unspecified atom stereocenters. The zero-order valence-corrected chi connectivity index (χ0v) is 19.5. The van der Waals surface area contributed by atoms with Crippen molar-refractivity contribution in [2.75, 3.05) is 0 Å². The molecule has 8 nitrogen and oxygen atoms in total. The number of hydrogen-bond donors (Lipinski definition) is 1. The molecular formula is C28H22O8. The first-order chi connectivity index (χ1) is 17.2. The van der Waals surface area contributed by atoms with E-state index in [9.17, 15) is 19.5 Å². The lowest BCUT2D eigenvalue weighted by Crippen LogP contribution is -2.54. The second kappa shape index (κ2) is 7.74. The van der Waals surface area contributed by atoms with Gasteiger partial charge in [0.2, 0.25) is 5.79 Å². The van der Waals surface area contributed by atoms with E-state index < -0.39 is 41.3 Å². The second-order valence-electron chi connectivity index (χ2n) is 9.42. The molecule has 3 aliphatic heterocycles. The lowest BCUT2D eigenvalue weighted by atomic mass is 9.66. The van der Waals surface area contributed by atoms with Gasteiger partial charge in [-0.15, -0.1) is 0 Å². The Bertz CT molecular complexity index is 1420. The standard InChI is InChI=1S/C28H22O8/c1-15-19(33-24(29)16-9-5-3-6-10-16)13-18-21(22(15)34-25(30)17-11-7-4-8-12-17)20-14-28(32)23(18)27(2,35-20)36-26(28)31/h3-13,20,23,32H,14H2,1-2H3/t20-,23+,27+,28-/m1/s1. The third-order valence-corrected chi connectivity index (χ3v) is 7.13. The van der Waals surface area contributed by atoms with Gasteiger partial charge in [0.05, 0.1) is 23.1 Å². The highest BCUT2D eigenvalue weighted by Crippen LogP contribution is 2.65. The summed E-state index contributed by atoms with van der Waals surface area (Å²) in [7, 11) is 0. The molecule has 0 saturated carbocycles. The Kier molecular flexibility index (Phi) is 4.83. The van der Waals surface area contributed by atoms with Gasteiger partial charge in [0, 0.05) is 24.5 Å². The first-order valence-corrected chi connectivity index (χ1v) is 11.6. The zero-order valence-electron chi connectivity index (χ0n) is 19.5. The average molecular weight is 486 g/mol. The van der Waals surface area contributed by atoms with Gasteiger partial charge in [-0.3, -0.25) is 0 Å². The second-order valence-corrected chi connectivity index (χ2v) is 9.42. The Hall–Kier alpha value is -4.01. The Morgan fingerprint density at radius 1 is 0.972 bits per heavy atom. The van der Waals surface area contributed by atoms with Crippen LogP contribution in [0, 0.1) is 6.92 Å². The van der Waals surface area contributed by atoms with Gasteiger partial charge in [-0.1, -0.05) is 36.4 Å². The van der Waals surface area contributed by atoms with E-state index in [1.54, 1.807) is 80.6 Å². The smallest absolute Gasteiger partial charge is 0.343 e. The molecule has 182 valence electrons. The Balaban J connectivity index is 1.49. The Labute approximate surface area is 206 Å². The van der Waals surface area contributed by atoms with Crippen LogP contribution >= 0.6 is 0 Å². The fourth-order valence-electron chi connectivity index (χ4n) is 5.52. The van der Waals surface area contributed by atoms with Crippen molar-refractivity contribution in [2.45, 2.75) is 43.7 Å². The van der Waals surface area contributed by atoms with Gasteiger partial charge in [-0.05, 0) is 42.8 Å². The van der Waals surface area contributed by atoms with E-state index in [-0.39, 0.29) is 17.9 Å². The monoisotopic (exact) mass is 486 g/mol. The van der Waals surface area contributed by atoms with Crippen LogP contribution in [-0.4, -0.2) is 34.4 Å². The molecule has 36 heavy (non-hydrogen) atoms. The summed E-state index contributed by atoms with van der Waals surface area (Å²) < 4.78 is 23.2. The third-order valence-electron chi connectivity index (χ3n) is 7.13. The molecule has 8 heteroatoms. The Morgan fingerprint density at radius 3 is 2.14 bits per heavy atom. The van der Waals surface area contributed by atoms with Crippen molar-refractivity contribution >= 4 is 17.9 Å². The number of aliphatic hydroxyl groups is 1. The predicted molar refractivity (Wildman–Crippen MR) is 125 cm³/mol. The van der Waals surface area contributed by atoms with Crippen molar-refractivity contribution in [1.82, 2.24) is 0 Å². The summed E-state index contributed by atoms with van der Waals surface area (Å²) in [6.45, 7) is 3.27. The van der Waals surface area contributed by atoms with Gasteiger partial charge in [0.1, 0.15) is 11.5 Å². The molecular weight excluding hydrogens is 464 g/mol. The van der Waals surface area contributed by atoms with Crippen molar-refractivity contribution < 1.29 is 38.4 Å². The van der Waals surface area contributed by atoms with Crippen molar-refractivity contribution in [3.63, 3.8) is 0 Å². The molecule has 0 spiro atoms. The lowest BCUT2D eigenvalue weighted by Gasteiger charge is -2.49. The van der Waals surface area contributed by atoms with E-state index in [0.29, 0.717) is 27.8 Å². The van der Waals surface area contributed by atoms with Crippen LogP contribution in [0.1, 0.15) is 62.8 Å². The summed E-state index contributed by atoms with van der Waals surface area (Å²) in [4.78, 5) is 38.5. The highest BCUT2D eigenvalue weighted by atomic mass is 16.7. The minimum absolute atomic E-state index is 0.0441. The molecule has 3 heterocycles. The van der Waals surface area contributed by atoms with E-state index in [1.165, 1.54) is 0 Å². The topological polar surface area (TPSA) is 108 Å². The van der Waals surface area contributed by atoms with Crippen LogP contribution in [0.15, 0.2) is 66.7 Å². The largest absolute Gasteiger partial charge is 0.430 e. The number of ether oxygens (including phenoxy) is 4. The fourth-order valence-corrected chi connectivity index (χ4v) is 5.52. The molecule has 0 amide bonds. The summed E-state index contributed by atoms with van der Waals surface area (Å²) in [5.41, 5.74) is 0.291. The molecule has 3 aromatic rings. The highest BCUT2D eigenvalue weighted by Gasteiger charge is 2.72. The van der Waals surface area contributed by atoms with E-state index in [4.69, 9.17) is 18.9 Å². The number of carbonyl (C=O) groups excluding carboxylic acids is 3. The van der Waals surface area contributed by atoms with Crippen LogP contribution < -0.4 is 9.47 Å². The van der Waals surface area contributed by atoms with E-state index in [2.05, 4.69) is 0 Å². The van der Waals surface area contributed by atoms with Crippen LogP contribution in [0.25, 0.3) is 0 Å². The van der Waals surface area contributed by atoms with Gasteiger partial charge in [0.25, 0.3) is 0 Å². The maximum atomic E-state index is 13.0. The lowest BCUT2D eigenvalue weighted by molar-refractivity contribution is -0.257. The van der Waals surface area contributed by atoms with Crippen molar-refractivity contribution in [2.24, 2.45) is 0 Å². The quantitative estimate of drug-likeness (QED) is 0.436. The molecule has 0 aromatic heterocycles. The van der Waals surface area contributed by atoms with Gasteiger partial charge >= 0.3 is 17.9 Å². The maximum Gasteiger partial charge on any atom is 0.343 e. The molecule has 0 radical (unpaired) electrons.